The summed E-state index contributed by atoms with van der Waals surface area (Å²) in [5.41, 5.74) is 6.03. The van der Waals surface area contributed by atoms with Crippen molar-refractivity contribution < 1.29 is 33.0 Å². The standard InChI is InChI=1S/C30H43N5O7S/c1-15-10-11-21-28(2,3)24(33-34-27(31)39)19(35-43(40,41)16-8-6-5-7-9-16)14-30(21)29(15,4)13-18-20(36)12-17-22(23(18)42-30)26(38)32-25(17)37/h5-9,15,17-23,26,35-36,38H,10-14H2,1-4H3,(H,32,37)(H3,31,34,39). The second-order valence-electron chi connectivity index (χ2n) is 14.1. The van der Waals surface area contributed by atoms with Crippen LogP contribution in [0.15, 0.2) is 40.3 Å². The number of urea groups is 1. The van der Waals surface area contributed by atoms with E-state index < -0.39 is 68.8 Å². The summed E-state index contributed by atoms with van der Waals surface area (Å²) in [6.07, 6.45) is 0.221. The van der Waals surface area contributed by atoms with Crippen molar-refractivity contribution in [3.05, 3.63) is 30.3 Å². The van der Waals surface area contributed by atoms with Crippen LogP contribution >= 0.6 is 0 Å². The van der Waals surface area contributed by atoms with Crippen LogP contribution in [0.5, 0.6) is 0 Å². The van der Waals surface area contributed by atoms with Gasteiger partial charge in [-0.15, -0.1) is 0 Å². The Balaban J connectivity index is 1.49. The fourth-order valence-corrected chi connectivity index (χ4v) is 10.8. The number of benzene rings is 1. The van der Waals surface area contributed by atoms with Gasteiger partial charge in [-0.05, 0) is 61.5 Å². The molecule has 0 bridgehead atoms. The number of nitrogens with two attached hydrogens (primary N) is 1. The minimum atomic E-state index is -4.02. The average molecular weight is 618 g/mol. The Labute approximate surface area is 252 Å². The summed E-state index contributed by atoms with van der Waals surface area (Å²) in [5, 5.41) is 29.3. The zero-order valence-electron chi connectivity index (χ0n) is 25.0. The number of nitrogens with one attached hydrogen (secondary N) is 3. The number of amides is 3. The number of carbonyl (C=O) groups is 2. The molecule has 12 nitrogen and oxygen atoms in total. The van der Waals surface area contributed by atoms with E-state index in [-0.39, 0.29) is 41.4 Å². The highest BCUT2D eigenvalue weighted by Gasteiger charge is 2.72. The van der Waals surface area contributed by atoms with Crippen LogP contribution in [0.4, 0.5) is 4.79 Å². The summed E-state index contributed by atoms with van der Waals surface area (Å²) in [6.45, 7) is 8.34. The van der Waals surface area contributed by atoms with E-state index in [0.717, 1.165) is 12.8 Å². The minimum absolute atomic E-state index is 0.0935. The molecule has 236 valence electrons. The van der Waals surface area contributed by atoms with Gasteiger partial charge in [-0.2, -0.15) is 5.10 Å². The predicted molar refractivity (Wildman–Crippen MR) is 157 cm³/mol. The molecule has 3 aliphatic carbocycles. The Hall–Kier alpha value is -2.58. The van der Waals surface area contributed by atoms with Gasteiger partial charge in [0.2, 0.25) is 15.9 Å². The van der Waals surface area contributed by atoms with Gasteiger partial charge in [-0.1, -0.05) is 45.9 Å². The highest BCUT2D eigenvalue weighted by molar-refractivity contribution is 7.89. The normalized spacial score (nSPS) is 44.4. The molecule has 3 amide bonds. The maximum absolute atomic E-state index is 13.7. The van der Waals surface area contributed by atoms with Crippen LogP contribution in [0.25, 0.3) is 0 Å². The Morgan fingerprint density at radius 2 is 1.84 bits per heavy atom. The maximum Gasteiger partial charge on any atom is 0.332 e. The summed E-state index contributed by atoms with van der Waals surface area (Å²) in [4.78, 5) is 24.6. The molecule has 1 aromatic rings. The highest BCUT2D eigenvalue weighted by Crippen LogP contribution is 2.68. The molecule has 11 atom stereocenters. The van der Waals surface area contributed by atoms with E-state index in [4.69, 9.17) is 10.5 Å². The highest BCUT2D eigenvalue weighted by atomic mass is 32.2. The predicted octanol–water partition coefficient (Wildman–Crippen LogP) is 1.43. The second kappa shape index (κ2) is 10.2. The average Bonchev–Trinajstić information content (AvgIpc) is 3.21. The number of carbonyl (C=O) groups excluding carboxylic acids is 2. The molecule has 0 aromatic heterocycles. The van der Waals surface area contributed by atoms with Crippen LogP contribution in [0.1, 0.15) is 59.8 Å². The molecule has 11 unspecified atom stereocenters. The Bertz CT molecular complexity index is 1440. The van der Waals surface area contributed by atoms with Gasteiger partial charge in [0.1, 0.15) is 6.23 Å². The number of hydrazone groups is 1. The SMILES string of the molecule is CC1CCC2C(C)(C)C(=NNC(N)=O)C(NS(=O)(=O)c3ccccc3)CC23OC2C(CC13C)C(O)CC1C(=O)NC(O)C12. The summed E-state index contributed by atoms with van der Waals surface area (Å²) in [5.74, 6) is -1.68. The number of nitrogens with zero attached hydrogens (tertiary/aromatic N) is 1. The quantitative estimate of drug-likeness (QED) is 0.275. The van der Waals surface area contributed by atoms with Crippen molar-refractivity contribution in [3.63, 3.8) is 0 Å². The Morgan fingerprint density at radius 3 is 2.51 bits per heavy atom. The fourth-order valence-electron chi connectivity index (χ4n) is 9.57. The van der Waals surface area contributed by atoms with E-state index >= 15 is 0 Å². The van der Waals surface area contributed by atoms with Crippen LogP contribution in [-0.2, 0) is 19.6 Å². The van der Waals surface area contributed by atoms with Crippen molar-refractivity contribution >= 4 is 27.7 Å². The van der Waals surface area contributed by atoms with Crippen LogP contribution in [0, 0.1) is 40.4 Å². The van der Waals surface area contributed by atoms with Crippen LogP contribution < -0.4 is 21.2 Å². The summed E-state index contributed by atoms with van der Waals surface area (Å²) < 4.78 is 37.6. The number of aliphatic hydroxyl groups is 2. The van der Waals surface area contributed by atoms with Gasteiger partial charge in [0, 0.05) is 17.3 Å². The van der Waals surface area contributed by atoms with Crippen molar-refractivity contribution in [1.29, 1.82) is 0 Å². The van der Waals surface area contributed by atoms with Gasteiger partial charge in [-0.25, -0.2) is 23.4 Å². The first kappa shape index (κ1) is 30.4. The monoisotopic (exact) mass is 617 g/mol. The third-order valence-electron chi connectivity index (χ3n) is 11.8. The molecule has 2 saturated heterocycles. The molecule has 5 fully saturated rings. The van der Waals surface area contributed by atoms with Crippen LogP contribution in [0.3, 0.4) is 0 Å². The molecule has 2 aliphatic heterocycles. The third-order valence-corrected chi connectivity index (χ3v) is 13.3. The van der Waals surface area contributed by atoms with Gasteiger partial charge in [0.15, 0.2) is 0 Å². The first-order chi connectivity index (χ1) is 20.1. The van der Waals surface area contributed by atoms with E-state index in [2.05, 4.69) is 34.4 Å². The lowest BCUT2D eigenvalue weighted by Crippen LogP contribution is -2.75. The molecular weight excluding hydrogens is 574 g/mol. The van der Waals surface area contributed by atoms with Crippen LogP contribution in [0.2, 0.25) is 0 Å². The van der Waals surface area contributed by atoms with E-state index in [0.29, 0.717) is 12.1 Å². The second-order valence-corrected chi connectivity index (χ2v) is 15.8. The van der Waals surface area contributed by atoms with Crippen LogP contribution in [-0.4, -0.2) is 66.4 Å². The molecule has 6 rings (SSSR count). The number of aliphatic hydroxyl groups excluding tert-OH is 2. The number of hydrogen-bond donors (Lipinski definition) is 6. The lowest BCUT2D eigenvalue weighted by Gasteiger charge is -2.70. The lowest BCUT2D eigenvalue weighted by molar-refractivity contribution is -0.324. The molecule has 3 saturated carbocycles. The molecule has 5 aliphatic rings. The number of primary amides is 1. The third kappa shape index (κ3) is 4.53. The van der Waals surface area contributed by atoms with Crippen molar-refractivity contribution in [2.45, 2.75) is 94.8 Å². The first-order valence-electron chi connectivity index (χ1n) is 15.2. The van der Waals surface area contributed by atoms with Gasteiger partial charge >= 0.3 is 6.03 Å². The smallest absolute Gasteiger partial charge is 0.332 e. The van der Waals surface area contributed by atoms with Gasteiger partial charge in [0.05, 0.1) is 40.4 Å². The zero-order chi connectivity index (χ0) is 31.1. The Morgan fingerprint density at radius 1 is 1.14 bits per heavy atom. The summed E-state index contributed by atoms with van der Waals surface area (Å²) >= 11 is 0. The van der Waals surface area contributed by atoms with Gasteiger partial charge < -0.3 is 26.0 Å². The number of ether oxygens (including phenoxy) is 1. The fraction of sp³-hybridized carbons (Fsp3) is 0.700. The number of sulfonamides is 1. The molecule has 13 heteroatoms. The van der Waals surface area contributed by atoms with E-state index in [1.54, 1.807) is 18.2 Å². The largest absolute Gasteiger partial charge is 0.393 e. The molecule has 0 radical (unpaired) electrons. The molecule has 1 spiro atoms. The number of rotatable bonds is 4. The maximum atomic E-state index is 13.7. The van der Waals surface area contributed by atoms with Crippen molar-refractivity contribution in [1.82, 2.24) is 15.5 Å². The van der Waals surface area contributed by atoms with Gasteiger partial charge in [0.25, 0.3) is 0 Å². The zero-order valence-corrected chi connectivity index (χ0v) is 25.8. The minimum Gasteiger partial charge on any atom is -0.393 e. The van der Waals surface area contributed by atoms with E-state index in [1.165, 1.54) is 12.1 Å². The van der Waals surface area contributed by atoms with Crippen molar-refractivity contribution in [2.24, 2.45) is 51.3 Å². The van der Waals surface area contributed by atoms with Crippen molar-refractivity contribution in [3.8, 4) is 0 Å². The van der Waals surface area contributed by atoms with E-state index in [1.807, 2.05) is 13.8 Å². The molecule has 2 heterocycles. The Kier molecular flexibility index (Phi) is 7.24. The summed E-state index contributed by atoms with van der Waals surface area (Å²) in [7, 11) is -4.02. The topological polar surface area (TPSA) is 192 Å². The summed E-state index contributed by atoms with van der Waals surface area (Å²) in [6, 6.07) is 6.33. The molecule has 43 heavy (non-hydrogen) atoms. The molecular formula is C30H43N5O7S. The van der Waals surface area contributed by atoms with Crippen molar-refractivity contribution in [2.75, 3.05) is 0 Å². The first-order valence-corrected chi connectivity index (χ1v) is 16.7. The molecule has 7 N–H and O–H groups in total. The van der Waals surface area contributed by atoms with Gasteiger partial charge in [-0.3, -0.25) is 4.79 Å². The molecule has 1 aromatic carbocycles. The number of fused-ring (bicyclic) bond motifs is 3. The van der Waals surface area contributed by atoms with E-state index in [9.17, 15) is 28.2 Å². The number of hydrogen-bond acceptors (Lipinski definition) is 8. The lowest BCUT2D eigenvalue weighted by atomic mass is 9.41.